The van der Waals surface area contributed by atoms with Crippen LogP contribution in [0.25, 0.3) is 0 Å². The van der Waals surface area contributed by atoms with Crippen LogP contribution in [-0.2, 0) is 4.79 Å². The first-order valence-electron chi connectivity index (χ1n) is 7.93. The Morgan fingerprint density at radius 3 is 2.68 bits per heavy atom. The van der Waals surface area contributed by atoms with Crippen molar-refractivity contribution in [3.8, 4) is 0 Å². The Morgan fingerprint density at radius 1 is 1.26 bits per heavy atom. The van der Waals surface area contributed by atoms with E-state index in [1.165, 1.54) is 25.8 Å². The summed E-state index contributed by atoms with van der Waals surface area (Å²) in [5.41, 5.74) is 0. The van der Waals surface area contributed by atoms with Gasteiger partial charge < -0.3 is 4.90 Å². The Morgan fingerprint density at radius 2 is 2.05 bits per heavy atom. The van der Waals surface area contributed by atoms with Gasteiger partial charge in [-0.05, 0) is 38.1 Å². The lowest BCUT2D eigenvalue weighted by atomic mass is 9.94. The molecule has 19 heavy (non-hydrogen) atoms. The highest BCUT2D eigenvalue weighted by atomic mass is 16.2. The van der Waals surface area contributed by atoms with Crippen LogP contribution in [-0.4, -0.2) is 61.5 Å². The van der Waals surface area contributed by atoms with Gasteiger partial charge in [0, 0.05) is 45.7 Å². The predicted molar refractivity (Wildman–Crippen MR) is 77.1 cm³/mol. The lowest BCUT2D eigenvalue weighted by Crippen LogP contribution is -2.48. The molecule has 1 radical (unpaired) electrons. The normalized spacial score (nSPS) is 25.5. The molecule has 0 spiro atoms. The van der Waals surface area contributed by atoms with Gasteiger partial charge in [0.25, 0.3) is 0 Å². The predicted octanol–water partition coefficient (Wildman–Crippen LogP) is 1.34. The van der Waals surface area contributed by atoms with E-state index in [-0.39, 0.29) is 0 Å². The molecule has 0 N–H and O–H groups in total. The molecule has 2 aliphatic rings. The zero-order chi connectivity index (χ0) is 13.5. The molecule has 2 fully saturated rings. The highest BCUT2D eigenvalue weighted by Crippen LogP contribution is 2.17. The lowest BCUT2D eigenvalue weighted by Gasteiger charge is -2.35. The molecule has 0 bridgehead atoms. The molecule has 0 aromatic heterocycles. The van der Waals surface area contributed by atoms with E-state index in [9.17, 15) is 4.79 Å². The van der Waals surface area contributed by atoms with Gasteiger partial charge in [0.1, 0.15) is 0 Å². The van der Waals surface area contributed by atoms with E-state index in [0.717, 1.165) is 52.1 Å². The summed E-state index contributed by atoms with van der Waals surface area (Å²) in [7, 11) is 0. The summed E-state index contributed by atoms with van der Waals surface area (Å²) >= 11 is 0. The van der Waals surface area contributed by atoms with Crippen LogP contribution >= 0.6 is 0 Å². The third-order valence-electron chi connectivity index (χ3n) is 4.35. The number of piperidine rings is 1. The van der Waals surface area contributed by atoms with Crippen molar-refractivity contribution in [2.75, 3.05) is 45.8 Å². The van der Waals surface area contributed by atoms with Crippen molar-refractivity contribution in [2.24, 2.45) is 5.92 Å². The number of nitrogens with zero attached hydrogens (tertiary/aromatic N) is 3. The first-order valence-corrected chi connectivity index (χ1v) is 7.93. The maximum atomic E-state index is 12.2. The number of amides is 1. The molecule has 1 unspecified atom stereocenters. The Hall–Kier alpha value is -0.610. The van der Waals surface area contributed by atoms with E-state index in [1.807, 2.05) is 0 Å². The van der Waals surface area contributed by atoms with Crippen molar-refractivity contribution in [1.82, 2.24) is 15.1 Å². The molecule has 2 aliphatic heterocycles. The van der Waals surface area contributed by atoms with Gasteiger partial charge in [0.05, 0.1) is 0 Å². The largest absolute Gasteiger partial charge is 0.340 e. The van der Waals surface area contributed by atoms with Crippen molar-refractivity contribution in [3.63, 3.8) is 0 Å². The topological polar surface area (TPSA) is 37.7 Å². The number of carbonyl (C=O) groups excluding carboxylic acids is 1. The van der Waals surface area contributed by atoms with Crippen LogP contribution in [0.3, 0.4) is 0 Å². The van der Waals surface area contributed by atoms with Gasteiger partial charge in [-0.1, -0.05) is 6.92 Å². The molecule has 2 saturated heterocycles. The number of rotatable bonds is 5. The Labute approximate surface area is 117 Å². The van der Waals surface area contributed by atoms with Gasteiger partial charge in [-0.3, -0.25) is 9.69 Å². The average molecular weight is 266 g/mol. The van der Waals surface area contributed by atoms with E-state index in [4.69, 9.17) is 0 Å². The molecule has 109 valence electrons. The van der Waals surface area contributed by atoms with E-state index < -0.39 is 0 Å². The fourth-order valence-electron chi connectivity index (χ4n) is 3.12. The molecule has 1 amide bonds. The second-order valence-corrected chi connectivity index (χ2v) is 5.90. The first-order chi connectivity index (χ1) is 9.29. The second-order valence-electron chi connectivity index (χ2n) is 5.90. The number of carbonyl (C=O) groups is 1. The highest BCUT2D eigenvalue weighted by molar-refractivity contribution is 5.76. The average Bonchev–Trinajstić information content (AvgIpc) is 2.47. The summed E-state index contributed by atoms with van der Waals surface area (Å²) in [4.78, 5) is 16.7. The van der Waals surface area contributed by atoms with Crippen LogP contribution < -0.4 is 5.32 Å². The second kappa shape index (κ2) is 7.85. The van der Waals surface area contributed by atoms with Crippen LogP contribution in [0, 0.1) is 5.92 Å². The first kappa shape index (κ1) is 14.8. The summed E-state index contributed by atoms with van der Waals surface area (Å²) in [5, 5.41) is 4.45. The third-order valence-corrected chi connectivity index (χ3v) is 4.35. The smallest absolute Gasteiger partial charge is 0.222 e. The van der Waals surface area contributed by atoms with Crippen molar-refractivity contribution < 1.29 is 4.79 Å². The zero-order valence-electron chi connectivity index (χ0n) is 12.3. The standard InChI is InChI=1S/C15H28N3O/c1-2-8-17-9-11-18(12-10-17)15(19)6-5-14-4-3-7-16-13-14/h14H,2-13H2,1H3. The van der Waals surface area contributed by atoms with Crippen LogP contribution in [0.1, 0.15) is 39.0 Å². The SMILES string of the molecule is CCCN1CCN(C(=O)CCC2CCC[N]C2)CC1. The summed E-state index contributed by atoms with van der Waals surface area (Å²) in [6, 6.07) is 0. The molecule has 0 aromatic carbocycles. The summed E-state index contributed by atoms with van der Waals surface area (Å²) in [6.45, 7) is 9.36. The summed E-state index contributed by atoms with van der Waals surface area (Å²) < 4.78 is 0. The van der Waals surface area contributed by atoms with Gasteiger partial charge in [-0.15, -0.1) is 0 Å². The molecule has 2 rings (SSSR count). The maximum Gasteiger partial charge on any atom is 0.222 e. The fourth-order valence-corrected chi connectivity index (χ4v) is 3.12. The fraction of sp³-hybridized carbons (Fsp3) is 0.933. The van der Waals surface area contributed by atoms with Gasteiger partial charge in [0.15, 0.2) is 0 Å². The zero-order valence-corrected chi connectivity index (χ0v) is 12.3. The Bertz CT molecular complexity index is 269. The van der Waals surface area contributed by atoms with Crippen LogP contribution in [0.2, 0.25) is 0 Å². The van der Waals surface area contributed by atoms with Crippen molar-refractivity contribution >= 4 is 5.91 Å². The molecule has 1 atom stereocenters. The minimum Gasteiger partial charge on any atom is -0.340 e. The van der Waals surface area contributed by atoms with Gasteiger partial charge in [0.2, 0.25) is 5.91 Å². The van der Waals surface area contributed by atoms with Crippen molar-refractivity contribution in [2.45, 2.75) is 39.0 Å². The molecular formula is C15H28N3O. The number of hydrogen-bond donors (Lipinski definition) is 0. The monoisotopic (exact) mass is 266 g/mol. The van der Waals surface area contributed by atoms with E-state index in [1.54, 1.807) is 0 Å². The third kappa shape index (κ3) is 4.77. The maximum absolute atomic E-state index is 12.2. The van der Waals surface area contributed by atoms with E-state index >= 15 is 0 Å². The molecule has 2 heterocycles. The minimum atomic E-state index is 0.363. The molecule has 0 aliphatic carbocycles. The van der Waals surface area contributed by atoms with E-state index in [0.29, 0.717) is 11.8 Å². The number of piperazine rings is 1. The number of hydrogen-bond acceptors (Lipinski definition) is 2. The minimum absolute atomic E-state index is 0.363. The Kier molecular flexibility index (Phi) is 6.11. The van der Waals surface area contributed by atoms with Crippen molar-refractivity contribution in [1.29, 1.82) is 0 Å². The van der Waals surface area contributed by atoms with Crippen LogP contribution in [0.4, 0.5) is 0 Å². The molecule has 4 heteroatoms. The van der Waals surface area contributed by atoms with E-state index in [2.05, 4.69) is 22.0 Å². The van der Waals surface area contributed by atoms with Crippen LogP contribution in [0.15, 0.2) is 0 Å². The summed E-state index contributed by atoms with van der Waals surface area (Å²) in [5.74, 6) is 1.03. The van der Waals surface area contributed by atoms with Gasteiger partial charge >= 0.3 is 0 Å². The summed E-state index contributed by atoms with van der Waals surface area (Å²) in [6.07, 6.45) is 5.46. The quantitative estimate of drug-likeness (QED) is 0.753. The molecule has 4 nitrogen and oxygen atoms in total. The van der Waals surface area contributed by atoms with Gasteiger partial charge in [-0.2, -0.15) is 0 Å². The Balaban J connectivity index is 1.63. The molecule has 0 saturated carbocycles. The van der Waals surface area contributed by atoms with Crippen LogP contribution in [0.5, 0.6) is 0 Å². The molecule has 0 aromatic rings. The highest BCUT2D eigenvalue weighted by Gasteiger charge is 2.22. The molecular weight excluding hydrogens is 238 g/mol. The van der Waals surface area contributed by atoms with Crippen molar-refractivity contribution in [3.05, 3.63) is 0 Å². The van der Waals surface area contributed by atoms with Gasteiger partial charge in [-0.25, -0.2) is 5.32 Å². The lowest BCUT2D eigenvalue weighted by molar-refractivity contribution is -0.133.